The molecule has 0 spiro atoms. The molecule has 2 aromatic carbocycles. The van der Waals surface area contributed by atoms with Crippen molar-refractivity contribution in [3.05, 3.63) is 112 Å². The first kappa shape index (κ1) is 28.0. The van der Waals surface area contributed by atoms with Gasteiger partial charge >= 0.3 is 5.97 Å². The Labute approximate surface area is 245 Å². The Kier molecular flexibility index (Phi) is 7.90. The third-order valence-electron chi connectivity index (χ3n) is 7.68. The lowest BCUT2D eigenvalue weighted by Crippen LogP contribution is -2.33. The number of benzene rings is 2. The van der Waals surface area contributed by atoms with Crippen LogP contribution in [0, 0.1) is 27.7 Å². The van der Waals surface area contributed by atoms with Crippen molar-refractivity contribution in [2.45, 2.75) is 46.2 Å². The molecule has 41 heavy (non-hydrogen) atoms. The molecule has 2 aromatic heterocycles. The summed E-state index contributed by atoms with van der Waals surface area (Å²) in [6, 6.07) is 20.3. The van der Waals surface area contributed by atoms with Crippen LogP contribution < -0.4 is 10.6 Å². The lowest BCUT2D eigenvalue weighted by atomic mass is 9.96. The summed E-state index contributed by atoms with van der Waals surface area (Å²) in [4.78, 5) is 31.4. The molecule has 8 nitrogen and oxygen atoms in total. The first-order chi connectivity index (χ1) is 19.7. The van der Waals surface area contributed by atoms with Crippen molar-refractivity contribution in [2.75, 3.05) is 11.9 Å². The summed E-state index contributed by atoms with van der Waals surface area (Å²) in [6.45, 7) is 8.40. The van der Waals surface area contributed by atoms with Crippen molar-refractivity contribution in [1.29, 1.82) is 0 Å². The molecule has 3 N–H and O–H groups in total. The van der Waals surface area contributed by atoms with Crippen LogP contribution in [-0.4, -0.2) is 43.1 Å². The van der Waals surface area contributed by atoms with Crippen molar-refractivity contribution < 1.29 is 14.7 Å². The average molecular weight is 568 g/mol. The van der Waals surface area contributed by atoms with Gasteiger partial charge < -0.3 is 25.2 Å². The predicted octanol–water partition coefficient (Wildman–Crippen LogP) is 5.81. The van der Waals surface area contributed by atoms with Crippen LogP contribution in [0.3, 0.4) is 0 Å². The van der Waals surface area contributed by atoms with Crippen LogP contribution in [0.2, 0.25) is 0 Å². The molecule has 1 amide bonds. The van der Waals surface area contributed by atoms with Crippen LogP contribution in [-0.2, 0) is 4.79 Å². The summed E-state index contributed by atoms with van der Waals surface area (Å²) in [6.07, 6.45) is 2.01. The van der Waals surface area contributed by atoms with Gasteiger partial charge in [0.2, 0.25) is 5.91 Å². The Balaban J connectivity index is 1.51. The minimum absolute atomic E-state index is 0.0891. The fourth-order valence-electron chi connectivity index (χ4n) is 5.57. The van der Waals surface area contributed by atoms with Gasteiger partial charge in [0.05, 0.1) is 23.3 Å². The van der Waals surface area contributed by atoms with Crippen LogP contribution in [0.25, 0.3) is 5.69 Å². The van der Waals surface area contributed by atoms with Crippen LogP contribution in [0.4, 0.5) is 5.69 Å². The quantitative estimate of drug-likeness (QED) is 0.231. The number of hydrogen-bond acceptors (Lipinski definition) is 4. The number of carbonyl (C=O) groups excluding carboxylic acids is 1. The molecule has 1 fully saturated rings. The van der Waals surface area contributed by atoms with Crippen LogP contribution in [0.5, 0.6) is 0 Å². The lowest BCUT2D eigenvalue weighted by Gasteiger charge is -2.28. The van der Waals surface area contributed by atoms with E-state index in [1.807, 2.05) is 76.2 Å². The van der Waals surface area contributed by atoms with E-state index in [4.69, 9.17) is 12.2 Å². The average Bonchev–Trinajstić information content (AvgIpc) is 3.43. The molecule has 1 aliphatic rings. The predicted molar refractivity (Wildman–Crippen MR) is 164 cm³/mol. The summed E-state index contributed by atoms with van der Waals surface area (Å²) in [5.41, 5.74) is 7.64. The smallest absolute Gasteiger partial charge is 0.335 e. The number of amides is 1. The van der Waals surface area contributed by atoms with Gasteiger partial charge in [0.15, 0.2) is 5.11 Å². The number of carbonyl (C=O) groups is 2. The monoisotopic (exact) mass is 567 g/mol. The summed E-state index contributed by atoms with van der Waals surface area (Å²) < 4.78 is 2.09. The molecule has 1 aliphatic heterocycles. The van der Waals surface area contributed by atoms with E-state index in [0.29, 0.717) is 11.7 Å². The van der Waals surface area contributed by atoms with Gasteiger partial charge in [-0.3, -0.25) is 9.78 Å². The number of nitrogens with one attached hydrogen (secondary N) is 2. The van der Waals surface area contributed by atoms with Gasteiger partial charge in [0.1, 0.15) is 0 Å². The van der Waals surface area contributed by atoms with Gasteiger partial charge in [-0.25, -0.2) is 4.79 Å². The fourth-order valence-corrected chi connectivity index (χ4v) is 5.91. The van der Waals surface area contributed by atoms with Crippen molar-refractivity contribution >= 4 is 34.9 Å². The molecule has 0 radical (unpaired) electrons. The standard InChI is InChI=1S/C32H33N5O3S/c1-19-9-5-6-10-25(19)34-28(38)14-16-36-30(29(35-32(36)41)26-11-7-8-15-33-26)24-17-21(3)37(22(24)4)27-18-23(31(39)40)13-12-20(27)2/h5-13,15,17-18,29-30H,14,16H2,1-4H3,(H,34,38)(H,35,41)(H,39,40)/t29-,30-/m1/s1. The largest absolute Gasteiger partial charge is 0.478 e. The molecule has 9 heteroatoms. The number of nitrogens with zero attached hydrogens (tertiary/aromatic N) is 3. The normalized spacial score (nSPS) is 16.5. The number of carboxylic acid groups (broad SMARTS) is 1. The Morgan fingerprint density at radius 2 is 1.76 bits per heavy atom. The Morgan fingerprint density at radius 1 is 1.00 bits per heavy atom. The topological polar surface area (TPSA) is 99.5 Å². The van der Waals surface area contributed by atoms with E-state index in [2.05, 4.69) is 31.2 Å². The Bertz CT molecular complexity index is 1630. The van der Waals surface area contributed by atoms with Crippen molar-refractivity contribution in [1.82, 2.24) is 19.8 Å². The molecule has 4 aromatic rings. The number of para-hydroxylation sites is 1. The number of aromatic carboxylic acids is 1. The van der Waals surface area contributed by atoms with Gasteiger partial charge in [-0.1, -0.05) is 30.3 Å². The number of hydrogen-bond donors (Lipinski definition) is 3. The summed E-state index contributed by atoms with van der Waals surface area (Å²) in [7, 11) is 0. The molecule has 5 rings (SSSR count). The van der Waals surface area contributed by atoms with E-state index in [9.17, 15) is 14.7 Å². The molecular formula is C32H33N5O3S. The van der Waals surface area contributed by atoms with E-state index < -0.39 is 5.97 Å². The molecule has 0 saturated carbocycles. The van der Waals surface area contributed by atoms with Gasteiger partial charge in [0.25, 0.3) is 0 Å². The van der Waals surface area contributed by atoms with E-state index in [-0.39, 0.29) is 30.0 Å². The van der Waals surface area contributed by atoms with Crippen LogP contribution in [0.1, 0.15) is 62.6 Å². The van der Waals surface area contributed by atoms with E-state index >= 15 is 0 Å². The number of aryl methyl sites for hydroxylation is 3. The number of pyridine rings is 1. The van der Waals surface area contributed by atoms with E-state index in [1.54, 1.807) is 18.3 Å². The van der Waals surface area contributed by atoms with Crippen molar-refractivity contribution in [2.24, 2.45) is 0 Å². The molecule has 0 bridgehead atoms. The second-order valence-electron chi connectivity index (χ2n) is 10.4. The van der Waals surface area contributed by atoms with Gasteiger partial charge in [-0.15, -0.1) is 0 Å². The minimum Gasteiger partial charge on any atom is -0.478 e. The Morgan fingerprint density at radius 3 is 2.46 bits per heavy atom. The van der Waals surface area contributed by atoms with E-state index in [0.717, 1.165) is 45.1 Å². The molecule has 210 valence electrons. The molecule has 1 saturated heterocycles. The zero-order valence-electron chi connectivity index (χ0n) is 23.5. The maximum atomic E-state index is 13.0. The van der Waals surface area contributed by atoms with Gasteiger partial charge in [-0.2, -0.15) is 0 Å². The summed E-state index contributed by atoms with van der Waals surface area (Å²) >= 11 is 5.82. The van der Waals surface area contributed by atoms with Gasteiger partial charge in [-0.05, 0) is 93.0 Å². The third kappa shape index (κ3) is 5.58. The SMILES string of the molecule is Cc1ccccc1NC(=O)CCN1C(=S)N[C@H](c2ccccn2)[C@H]1c1cc(C)n(-c2cc(C(=O)O)ccc2C)c1C. The lowest BCUT2D eigenvalue weighted by molar-refractivity contribution is -0.116. The van der Waals surface area contributed by atoms with Crippen LogP contribution in [0.15, 0.2) is 72.9 Å². The van der Waals surface area contributed by atoms with Gasteiger partial charge in [0, 0.05) is 41.9 Å². The van der Waals surface area contributed by atoms with Crippen molar-refractivity contribution in [3.8, 4) is 5.69 Å². The molecular weight excluding hydrogens is 534 g/mol. The number of aromatic nitrogens is 2. The maximum absolute atomic E-state index is 13.0. The summed E-state index contributed by atoms with van der Waals surface area (Å²) in [5.74, 6) is -1.06. The first-order valence-electron chi connectivity index (χ1n) is 13.5. The highest BCUT2D eigenvalue weighted by atomic mass is 32.1. The van der Waals surface area contributed by atoms with Crippen molar-refractivity contribution in [3.63, 3.8) is 0 Å². The fraction of sp³-hybridized carbons (Fsp3) is 0.250. The molecule has 0 aliphatic carbocycles. The minimum atomic E-state index is -0.968. The third-order valence-corrected chi connectivity index (χ3v) is 8.03. The number of anilines is 1. The highest BCUT2D eigenvalue weighted by molar-refractivity contribution is 7.80. The second-order valence-corrected chi connectivity index (χ2v) is 10.8. The number of carboxylic acids is 1. The number of thiocarbonyl (C=S) groups is 1. The zero-order chi connectivity index (χ0) is 29.3. The van der Waals surface area contributed by atoms with Crippen LogP contribution >= 0.6 is 12.2 Å². The number of rotatable bonds is 8. The second kappa shape index (κ2) is 11.5. The highest BCUT2D eigenvalue weighted by Crippen LogP contribution is 2.41. The van der Waals surface area contributed by atoms with E-state index in [1.165, 1.54) is 0 Å². The molecule has 3 heterocycles. The summed E-state index contributed by atoms with van der Waals surface area (Å²) in [5, 5.41) is 16.7. The highest BCUT2D eigenvalue weighted by Gasteiger charge is 2.41. The molecule has 0 unspecified atom stereocenters. The Hall–Kier alpha value is -4.50. The maximum Gasteiger partial charge on any atom is 0.335 e. The zero-order valence-corrected chi connectivity index (χ0v) is 24.3. The molecule has 2 atom stereocenters. The first-order valence-corrected chi connectivity index (χ1v) is 13.9.